The average Bonchev–Trinajstić information content (AvgIpc) is 2.42. The highest BCUT2D eigenvalue weighted by atomic mass is 19.1. The Balaban J connectivity index is 1.74. The lowest BCUT2D eigenvalue weighted by Crippen LogP contribution is -2.05. The van der Waals surface area contributed by atoms with E-state index in [2.05, 4.69) is 22.8 Å². The summed E-state index contributed by atoms with van der Waals surface area (Å²) in [5, 5.41) is 6.21. The Labute approximate surface area is 106 Å². The third-order valence-corrected chi connectivity index (χ3v) is 2.44. The van der Waals surface area contributed by atoms with Gasteiger partial charge in [-0.25, -0.2) is 4.39 Å². The molecule has 0 saturated heterocycles. The van der Waals surface area contributed by atoms with Gasteiger partial charge in [-0.3, -0.25) is 0 Å². The summed E-state index contributed by atoms with van der Waals surface area (Å²) in [5.41, 5.74) is 2.08. The van der Waals surface area contributed by atoms with Gasteiger partial charge in [0.15, 0.2) is 0 Å². The van der Waals surface area contributed by atoms with Crippen LogP contribution in [0.25, 0.3) is 0 Å². The normalized spacial score (nSPS) is 10.5. The predicted molar refractivity (Wildman–Crippen MR) is 72.4 cm³/mol. The van der Waals surface area contributed by atoms with Crippen LogP contribution in [0.15, 0.2) is 67.0 Å². The maximum Gasteiger partial charge on any atom is 0.123 e. The van der Waals surface area contributed by atoms with Crippen molar-refractivity contribution in [3.8, 4) is 0 Å². The van der Waals surface area contributed by atoms with Crippen LogP contribution in [0.1, 0.15) is 5.56 Å². The summed E-state index contributed by atoms with van der Waals surface area (Å²) >= 11 is 0. The van der Waals surface area contributed by atoms with Crippen LogP contribution in [0.3, 0.4) is 0 Å². The van der Waals surface area contributed by atoms with Gasteiger partial charge in [-0.2, -0.15) is 0 Å². The van der Waals surface area contributed by atoms with E-state index in [0.717, 1.165) is 12.2 Å². The van der Waals surface area contributed by atoms with Crippen molar-refractivity contribution in [1.82, 2.24) is 5.32 Å². The number of rotatable bonds is 5. The molecule has 0 spiro atoms. The number of anilines is 1. The van der Waals surface area contributed by atoms with E-state index in [0.29, 0.717) is 0 Å². The van der Waals surface area contributed by atoms with Gasteiger partial charge in [-0.05, 0) is 29.8 Å². The molecule has 0 aliphatic rings. The number of halogens is 1. The molecule has 2 aromatic carbocycles. The molecule has 0 aliphatic heterocycles. The molecule has 0 aromatic heterocycles. The van der Waals surface area contributed by atoms with Gasteiger partial charge >= 0.3 is 0 Å². The Hall–Kier alpha value is -2.29. The van der Waals surface area contributed by atoms with Crippen LogP contribution in [0, 0.1) is 5.82 Å². The molecule has 0 bridgehead atoms. The lowest BCUT2D eigenvalue weighted by Gasteiger charge is -2.02. The predicted octanol–water partition coefficient (Wildman–Crippen LogP) is 3.50. The summed E-state index contributed by atoms with van der Waals surface area (Å²) in [6.45, 7) is 0.780. The van der Waals surface area contributed by atoms with E-state index in [9.17, 15) is 4.39 Å². The number of nitrogens with one attached hydrogen (secondary N) is 2. The van der Waals surface area contributed by atoms with Gasteiger partial charge in [0.2, 0.25) is 0 Å². The SMILES string of the molecule is Fc1ccc(N/C=C/NCc2ccccc2)cc1. The molecule has 2 N–H and O–H groups in total. The van der Waals surface area contributed by atoms with Crippen molar-refractivity contribution in [2.75, 3.05) is 5.32 Å². The van der Waals surface area contributed by atoms with Gasteiger partial charge in [0.1, 0.15) is 5.82 Å². The highest BCUT2D eigenvalue weighted by Crippen LogP contribution is 2.07. The van der Waals surface area contributed by atoms with Crippen LogP contribution in [-0.2, 0) is 6.54 Å². The molecule has 2 nitrogen and oxygen atoms in total. The zero-order valence-corrected chi connectivity index (χ0v) is 9.94. The second-order valence-electron chi connectivity index (χ2n) is 3.85. The van der Waals surface area contributed by atoms with Crippen molar-refractivity contribution < 1.29 is 4.39 Å². The summed E-state index contributed by atoms with van der Waals surface area (Å²) in [6.07, 6.45) is 3.62. The standard InChI is InChI=1S/C15H15FN2/c16-14-6-8-15(9-7-14)18-11-10-17-12-13-4-2-1-3-5-13/h1-11,17-18H,12H2/b11-10+. The second kappa shape index (κ2) is 6.45. The van der Waals surface area contributed by atoms with Crippen molar-refractivity contribution >= 4 is 5.69 Å². The van der Waals surface area contributed by atoms with E-state index in [-0.39, 0.29) is 5.82 Å². The van der Waals surface area contributed by atoms with Crippen molar-refractivity contribution in [2.24, 2.45) is 0 Å². The Morgan fingerprint density at radius 3 is 2.33 bits per heavy atom. The number of hydrogen-bond donors (Lipinski definition) is 2. The minimum absolute atomic E-state index is 0.230. The molecule has 0 saturated carbocycles. The third-order valence-electron chi connectivity index (χ3n) is 2.44. The topological polar surface area (TPSA) is 24.1 Å². The molecule has 0 unspecified atom stereocenters. The van der Waals surface area contributed by atoms with E-state index in [1.54, 1.807) is 18.3 Å². The van der Waals surface area contributed by atoms with E-state index in [4.69, 9.17) is 0 Å². The fourth-order valence-corrected chi connectivity index (χ4v) is 1.52. The highest BCUT2D eigenvalue weighted by molar-refractivity contribution is 5.45. The third kappa shape index (κ3) is 3.94. The number of benzene rings is 2. The lowest BCUT2D eigenvalue weighted by molar-refractivity contribution is 0.628. The molecule has 92 valence electrons. The van der Waals surface area contributed by atoms with Crippen LogP contribution in [-0.4, -0.2) is 0 Å². The Morgan fingerprint density at radius 2 is 1.61 bits per heavy atom. The number of hydrogen-bond acceptors (Lipinski definition) is 2. The Kier molecular flexibility index (Phi) is 4.36. The van der Waals surface area contributed by atoms with Crippen molar-refractivity contribution in [2.45, 2.75) is 6.54 Å². The molecule has 0 fully saturated rings. The summed E-state index contributed by atoms with van der Waals surface area (Å²) in [4.78, 5) is 0. The Morgan fingerprint density at radius 1 is 0.889 bits per heavy atom. The molecule has 0 radical (unpaired) electrons. The molecular weight excluding hydrogens is 227 g/mol. The van der Waals surface area contributed by atoms with Gasteiger partial charge in [0.05, 0.1) is 0 Å². The largest absolute Gasteiger partial charge is 0.386 e. The minimum atomic E-state index is -0.230. The zero-order chi connectivity index (χ0) is 12.6. The molecule has 2 rings (SSSR count). The lowest BCUT2D eigenvalue weighted by atomic mass is 10.2. The maximum absolute atomic E-state index is 12.7. The Bertz CT molecular complexity index is 492. The monoisotopic (exact) mass is 242 g/mol. The molecular formula is C15H15FN2. The van der Waals surface area contributed by atoms with Crippen LogP contribution in [0.4, 0.5) is 10.1 Å². The van der Waals surface area contributed by atoms with E-state index in [1.165, 1.54) is 17.7 Å². The maximum atomic E-state index is 12.7. The molecule has 0 aliphatic carbocycles. The molecule has 2 aromatic rings. The first-order chi connectivity index (χ1) is 8.84. The fraction of sp³-hybridized carbons (Fsp3) is 0.0667. The van der Waals surface area contributed by atoms with Gasteiger partial charge in [-0.1, -0.05) is 30.3 Å². The quantitative estimate of drug-likeness (QED) is 0.838. The van der Waals surface area contributed by atoms with Crippen LogP contribution in [0.2, 0.25) is 0 Å². The molecule has 3 heteroatoms. The van der Waals surface area contributed by atoms with Gasteiger partial charge in [0.25, 0.3) is 0 Å². The molecule has 0 amide bonds. The van der Waals surface area contributed by atoms with Crippen LogP contribution >= 0.6 is 0 Å². The van der Waals surface area contributed by atoms with E-state index >= 15 is 0 Å². The second-order valence-corrected chi connectivity index (χ2v) is 3.85. The van der Waals surface area contributed by atoms with Crippen molar-refractivity contribution in [3.05, 3.63) is 78.4 Å². The first-order valence-corrected chi connectivity index (χ1v) is 5.79. The van der Waals surface area contributed by atoms with Crippen molar-refractivity contribution in [3.63, 3.8) is 0 Å². The average molecular weight is 242 g/mol. The first kappa shape index (κ1) is 12.2. The van der Waals surface area contributed by atoms with Crippen molar-refractivity contribution in [1.29, 1.82) is 0 Å². The van der Waals surface area contributed by atoms with Crippen LogP contribution in [0.5, 0.6) is 0 Å². The first-order valence-electron chi connectivity index (χ1n) is 5.79. The van der Waals surface area contributed by atoms with Crippen LogP contribution < -0.4 is 10.6 Å². The molecule has 18 heavy (non-hydrogen) atoms. The van der Waals surface area contributed by atoms with Gasteiger partial charge < -0.3 is 10.6 Å². The smallest absolute Gasteiger partial charge is 0.123 e. The summed E-state index contributed by atoms with van der Waals surface area (Å²) < 4.78 is 12.7. The fourth-order valence-electron chi connectivity index (χ4n) is 1.52. The minimum Gasteiger partial charge on any atom is -0.386 e. The summed E-state index contributed by atoms with van der Waals surface area (Å²) in [5.74, 6) is -0.230. The van der Waals surface area contributed by atoms with Gasteiger partial charge in [-0.15, -0.1) is 0 Å². The molecule has 0 heterocycles. The van der Waals surface area contributed by atoms with Gasteiger partial charge in [0, 0.05) is 24.6 Å². The van der Waals surface area contributed by atoms with E-state index in [1.807, 2.05) is 24.4 Å². The molecule has 0 atom stereocenters. The zero-order valence-electron chi connectivity index (χ0n) is 9.94. The highest BCUT2D eigenvalue weighted by Gasteiger charge is 1.89. The summed E-state index contributed by atoms with van der Waals surface area (Å²) in [6, 6.07) is 16.4. The van der Waals surface area contributed by atoms with E-state index < -0.39 is 0 Å². The summed E-state index contributed by atoms with van der Waals surface area (Å²) in [7, 11) is 0.